The minimum absolute atomic E-state index is 0.0548. The Morgan fingerprint density at radius 3 is 1.43 bits per heavy atom. The van der Waals surface area contributed by atoms with Gasteiger partial charge in [0.25, 0.3) is 0 Å². The second-order valence-corrected chi connectivity index (χ2v) is 30.9. The molecule has 23 heteroatoms. The first kappa shape index (κ1) is 73.8. The highest BCUT2D eigenvalue weighted by atomic mass is 28.3. The van der Waals surface area contributed by atoms with E-state index in [1.165, 1.54) is 0 Å². The quantitative estimate of drug-likeness (QED) is 0.0146. The van der Waals surface area contributed by atoms with Crippen LogP contribution in [0.1, 0.15) is 79.5 Å². The van der Waals surface area contributed by atoms with Gasteiger partial charge in [-0.1, -0.05) is 205 Å². The van der Waals surface area contributed by atoms with E-state index in [1.807, 2.05) is 146 Å². The molecule has 4 aromatic rings. The lowest BCUT2D eigenvalue weighted by Crippen LogP contribution is -2.52. The summed E-state index contributed by atoms with van der Waals surface area (Å²) in [4.78, 5) is 89.2. The van der Waals surface area contributed by atoms with Crippen LogP contribution in [0.2, 0.25) is 25.7 Å². The summed E-state index contributed by atoms with van der Waals surface area (Å²) in [5.74, 6) is -0.461. The van der Waals surface area contributed by atoms with Crippen LogP contribution in [0.15, 0.2) is 185 Å². The average molecular weight is 1300 g/mol. The molecule has 11 atom stereocenters. The number of carbonyl (C=O) groups excluding carboxylic acids is 6. The second kappa shape index (κ2) is 39.3. The number of nitrogens with zero attached hydrogens (tertiary/aromatic N) is 11. The third-order valence-corrected chi connectivity index (χ3v) is 19.5. The van der Waals surface area contributed by atoms with Crippen LogP contribution in [0.4, 0.5) is 0 Å². The fraction of sp³-hybridized carbons (Fsp3) is 0.465. The number of likely N-dealkylation sites (tertiary alicyclic amines) is 2. The molecule has 2 aliphatic heterocycles. The Morgan fingerprint density at radius 2 is 1.03 bits per heavy atom. The molecule has 8 rings (SSSR count). The molecule has 0 aromatic heterocycles. The molecule has 498 valence electrons. The van der Waals surface area contributed by atoms with E-state index in [0.717, 1.165) is 54.0 Å². The Bertz CT molecular complexity index is 3210. The fourth-order valence-corrected chi connectivity index (χ4v) is 13.2. The van der Waals surface area contributed by atoms with Crippen molar-refractivity contribution in [3.05, 3.63) is 224 Å². The monoisotopic (exact) mass is 1300 g/mol. The van der Waals surface area contributed by atoms with Gasteiger partial charge in [-0.3, -0.25) is 28.8 Å². The van der Waals surface area contributed by atoms with Crippen LogP contribution in [0, 0.1) is 23.7 Å². The molecule has 3 unspecified atom stereocenters. The first-order valence-electron chi connectivity index (χ1n) is 32.6. The number of carbonyl (C=O) groups is 6. The van der Waals surface area contributed by atoms with Gasteiger partial charge in [0.1, 0.15) is 30.2 Å². The normalized spacial score (nSPS) is 20.7. The van der Waals surface area contributed by atoms with Crippen molar-refractivity contribution in [2.75, 3.05) is 47.4 Å². The van der Waals surface area contributed by atoms with Crippen molar-refractivity contribution < 1.29 is 33.5 Å². The van der Waals surface area contributed by atoms with Crippen LogP contribution in [-0.2, 0) is 52.8 Å². The zero-order chi connectivity index (χ0) is 67.7. The molecule has 2 fully saturated rings. The molecule has 22 nitrogen and oxygen atoms in total. The van der Waals surface area contributed by atoms with Crippen LogP contribution in [0.3, 0.4) is 0 Å². The van der Waals surface area contributed by atoms with E-state index < -0.39 is 44.3 Å². The summed E-state index contributed by atoms with van der Waals surface area (Å²) in [5.41, 5.74) is 31.2. The Kier molecular flexibility index (Phi) is 30.9. The maximum Gasteiger partial charge on any atom is 0.314 e. The predicted octanol–water partition coefficient (Wildman–Crippen LogP) is 11.8. The van der Waals surface area contributed by atoms with Crippen LogP contribution in [0.5, 0.6) is 0 Å². The number of hydrogen-bond donors (Lipinski definition) is 4. The minimum atomic E-state index is -1.35. The zero-order valence-corrected chi connectivity index (χ0v) is 56.1. The van der Waals surface area contributed by atoms with Gasteiger partial charge in [0, 0.05) is 69.9 Å². The number of azide groups is 3. The molecule has 2 heterocycles. The van der Waals surface area contributed by atoms with Crippen LogP contribution in [0.25, 0.3) is 31.3 Å². The molecule has 5 amide bonds. The van der Waals surface area contributed by atoms with Gasteiger partial charge in [-0.2, -0.15) is 0 Å². The SMILES string of the molecule is CNC(=O)[C@H](Cc1ccccc1)N1CC[C@@H](C2C=CC=CC2)C[C@H](N=[N+]=[N-])C1=O.CNC(=O)[C@H](Cc1ccccc1)N1CC[C@H](C2C=CC=CC2)C[C@H](N=[N+]=[N-])C1=O.CNC(=O)[C@H](Cc1ccccc1)NCCC(C[C@H](N=[N+]=[N-])C(=O)OCC[Si](C)(C)C)c1ccccc1. The van der Waals surface area contributed by atoms with Gasteiger partial charge in [0.05, 0.1) is 12.6 Å². The zero-order valence-electron chi connectivity index (χ0n) is 55.1. The highest BCUT2D eigenvalue weighted by Gasteiger charge is 2.41. The van der Waals surface area contributed by atoms with Gasteiger partial charge in [-0.05, 0) is 139 Å². The van der Waals surface area contributed by atoms with Gasteiger partial charge < -0.3 is 35.8 Å². The highest BCUT2D eigenvalue weighted by Crippen LogP contribution is 2.35. The van der Waals surface area contributed by atoms with Crippen molar-refractivity contribution in [1.29, 1.82) is 0 Å². The van der Waals surface area contributed by atoms with Gasteiger partial charge in [0.15, 0.2) is 0 Å². The highest BCUT2D eigenvalue weighted by molar-refractivity contribution is 6.76. The molecule has 2 saturated heterocycles. The lowest BCUT2D eigenvalue weighted by Gasteiger charge is -2.31. The van der Waals surface area contributed by atoms with Crippen molar-refractivity contribution in [2.45, 2.75) is 138 Å². The number of amides is 5. The molecular weight excluding hydrogens is 1200 g/mol. The van der Waals surface area contributed by atoms with Gasteiger partial charge in [0.2, 0.25) is 29.5 Å². The summed E-state index contributed by atoms with van der Waals surface area (Å²) < 4.78 is 5.49. The van der Waals surface area contributed by atoms with E-state index in [2.05, 4.69) is 95.3 Å². The number of likely N-dealkylation sites (N-methyl/N-ethyl adjacent to an activating group) is 3. The van der Waals surface area contributed by atoms with Crippen molar-refractivity contribution in [1.82, 2.24) is 31.1 Å². The van der Waals surface area contributed by atoms with Crippen LogP contribution in [-0.4, -0.2) is 137 Å². The van der Waals surface area contributed by atoms with Crippen molar-refractivity contribution in [3.63, 3.8) is 0 Å². The summed E-state index contributed by atoms with van der Waals surface area (Å²) in [5, 5.41) is 22.9. The summed E-state index contributed by atoms with van der Waals surface area (Å²) in [7, 11) is 3.44. The topological polar surface area (TPSA) is 313 Å². The van der Waals surface area contributed by atoms with E-state index >= 15 is 0 Å². The predicted molar refractivity (Wildman–Crippen MR) is 370 cm³/mol. The Balaban J connectivity index is 0.000000225. The standard InChI is InChI=1S/C27H39N5O3Si.2C22H27N5O2/c1-29-26(33)24(19-21-11-7-5-8-12-21)30-16-15-23(22-13-9-6-10-14-22)20-25(31-32-28)27(34)35-17-18-36(2,3)4;2*1-24-21(28)20(14-16-8-4-2-5-9-16)27-13-12-18(17-10-6-3-7-11-17)15-19(22(27)29)25-26-23/h5-14,23-25,30H,15-20H2,1-4H3,(H,29,33);2*2-10,17-20H,11-15H2,1H3,(H,24,28)/t23?,24-,25-;17?,18-,19+,20+;17?,18-,19-,20-/m010/s1. The van der Waals surface area contributed by atoms with Crippen molar-refractivity contribution >= 4 is 43.6 Å². The molecule has 4 aliphatic rings. The van der Waals surface area contributed by atoms with E-state index in [9.17, 15) is 28.8 Å². The Labute approximate surface area is 554 Å². The number of rotatable bonds is 27. The second-order valence-electron chi connectivity index (χ2n) is 25.3. The van der Waals surface area contributed by atoms with E-state index in [-0.39, 0.29) is 53.3 Å². The Morgan fingerprint density at radius 1 is 0.596 bits per heavy atom. The lowest BCUT2D eigenvalue weighted by atomic mass is 9.81. The number of benzene rings is 4. The first-order valence-corrected chi connectivity index (χ1v) is 36.3. The van der Waals surface area contributed by atoms with Crippen LogP contribution >= 0.6 is 0 Å². The molecule has 4 N–H and O–H groups in total. The number of hydrogen-bond acceptors (Lipinski definition) is 11. The molecule has 4 aromatic carbocycles. The summed E-state index contributed by atoms with van der Waals surface area (Å²) in [6.45, 7) is 8.49. The number of esters is 1. The average Bonchev–Trinajstić information content (AvgIpc) is 1.64. The number of allylic oxidation sites excluding steroid dienone is 8. The van der Waals surface area contributed by atoms with Crippen LogP contribution < -0.4 is 21.3 Å². The Hall–Kier alpha value is -9.23. The van der Waals surface area contributed by atoms with Crippen molar-refractivity contribution in [2.24, 2.45) is 39.0 Å². The lowest BCUT2D eigenvalue weighted by molar-refractivity contribution is -0.145. The van der Waals surface area contributed by atoms with Gasteiger partial charge in [-0.25, -0.2) is 0 Å². The third kappa shape index (κ3) is 23.7. The molecular formula is C71H93N15O7Si. The van der Waals surface area contributed by atoms with E-state index in [4.69, 9.17) is 21.3 Å². The third-order valence-electron chi connectivity index (χ3n) is 17.8. The molecule has 0 bridgehead atoms. The largest absolute Gasteiger partial charge is 0.466 e. The molecule has 0 radical (unpaired) electrons. The van der Waals surface area contributed by atoms with E-state index in [0.29, 0.717) is 83.0 Å². The first-order chi connectivity index (χ1) is 45.5. The number of nitrogens with one attached hydrogen (secondary N) is 4. The molecule has 94 heavy (non-hydrogen) atoms. The molecule has 0 saturated carbocycles. The summed E-state index contributed by atoms with van der Waals surface area (Å²) >= 11 is 0. The van der Waals surface area contributed by atoms with Crippen molar-refractivity contribution in [3.8, 4) is 0 Å². The fourth-order valence-electron chi connectivity index (χ4n) is 12.5. The maximum atomic E-state index is 13.3. The van der Waals surface area contributed by atoms with Gasteiger partial charge in [-0.15, -0.1) is 0 Å². The number of ether oxygens (including phenoxy) is 1. The summed E-state index contributed by atoms with van der Waals surface area (Å²) in [6.07, 6.45) is 23.5. The minimum Gasteiger partial charge on any atom is -0.466 e. The molecule has 2 aliphatic carbocycles. The van der Waals surface area contributed by atoms with E-state index in [1.54, 1.807) is 30.9 Å². The van der Waals surface area contributed by atoms with Gasteiger partial charge >= 0.3 is 5.97 Å². The smallest absolute Gasteiger partial charge is 0.314 e. The maximum absolute atomic E-state index is 13.3. The summed E-state index contributed by atoms with van der Waals surface area (Å²) in [6, 6.07) is 35.8. The molecule has 0 spiro atoms.